The molecule has 2 aliphatic rings. The van der Waals surface area contributed by atoms with Crippen LogP contribution in [0.1, 0.15) is 24.0 Å². The number of halogens is 1. The molecule has 1 heterocycles. The minimum Gasteiger partial charge on any atom is -0.315 e. The van der Waals surface area contributed by atoms with Crippen LogP contribution in [0.2, 0.25) is 0 Å². The van der Waals surface area contributed by atoms with Crippen molar-refractivity contribution in [1.29, 1.82) is 5.26 Å². The van der Waals surface area contributed by atoms with Gasteiger partial charge in [-0.3, -0.25) is 4.90 Å². The summed E-state index contributed by atoms with van der Waals surface area (Å²) in [7, 11) is 0. The number of aryl methyl sites for hydroxylation is 1. The summed E-state index contributed by atoms with van der Waals surface area (Å²) in [5, 5.41) is 13.3. The summed E-state index contributed by atoms with van der Waals surface area (Å²) >= 11 is 3.53. The lowest BCUT2D eigenvalue weighted by atomic mass is 9.91. The van der Waals surface area contributed by atoms with Gasteiger partial charge >= 0.3 is 0 Å². The molecule has 4 heteroatoms. The number of rotatable bonds is 1. The van der Waals surface area contributed by atoms with Crippen LogP contribution in [0.15, 0.2) is 22.7 Å². The highest BCUT2D eigenvalue weighted by molar-refractivity contribution is 9.10. The van der Waals surface area contributed by atoms with Gasteiger partial charge in [0.05, 0.1) is 6.07 Å². The first kappa shape index (κ1) is 13.1. The van der Waals surface area contributed by atoms with Gasteiger partial charge in [-0.1, -0.05) is 22.0 Å². The number of fused-ring (bicyclic) bond motifs is 1. The SMILES string of the molecule is N#CC1(N2CCCNCC2)CCc2cc(Br)ccc21. The van der Waals surface area contributed by atoms with Crippen molar-refractivity contribution in [2.75, 3.05) is 26.2 Å². The van der Waals surface area contributed by atoms with E-state index in [4.69, 9.17) is 0 Å². The van der Waals surface area contributed by atoms with Crippen LogP contribution in [-0.2, 0) is 12.0 Å². The summed E-state index contributed by atoms with van der Waals surface area (Å²) in [5.41, 5.74) is 2.15. The molecule has 0 aromatic heterocycles. The average Bonchev–Trinajstić information content (AvgIpc) is 2.62. The predicted molar refractivity (Wildman–Crippen MR) is 78.8 cm³/mol. The molecule has 1 aromatic rings. The molecule has 0 bridgehead atoms. The van der Waals surface area contributed by atoms with Crippen LogP contribution in [0, 0.1) is 11.3 Å². The van der Waals surface area contributed by atoms with Crippen LogP contribution in [0.5, 0.6) is 0 Å². The Morgan fingerprint density at radius 2 is 2.21 bits per heavy atom. The van der Waals surface area contributed by atoms with E-state index in [2.05, 4.69) is 50.4 Å². The van der Waals surface area contributed by atoms with E-state index in [1.54, 1.807) is 0 Å². The third-order valence-corrected chi connectivity index (χ3v) is 4.83. The first-order chi connectivity index (χ1) is 9.26. The quantitative estimate of drug-likeness (QED) is 0.864. The number of hydrogen-bond donors (Lipinski definition) is 1. The molecule has 1 unspecified atom stereocenters. The van der Waals surface area contributed by atoms with Crippen LogP contribution in [0.3, 0.4) is 0 Å². The third-order valence-electron chi connectivity index (χ3n) is 4.33. The zero-order valence-electron chi connectivity index (χ0n) is 11.0. The Hall–Kier alpha value is -0.890. The van der Waals surface area contributed by atoms with Gasteiger partial charge in [-0.2, -0.15) is 5.26 Å². The maximum atomic E-state index is 9.85. The smallest absolute Gasteiger partial charge is 0.135 e. The van der Waals surface area contributed by atoms with E-state index in [9.17, 15) is 5.26 Å². The second-order valence-electron chi connectivity index (χ2n) is 5.36. The molecule has 0 amide bonds. The van der Waals surface area contributed by atoms with Gasteiger partial charge in [0.2, 0.25) is 0 Å². The number of nitriles is 1. The third kappa shape index (κ3) is 2.20. The molecule has 100 valence electrons. The van der Waals surface area contributed by atoms with E-state index in [1.165, 1.54) is 11.1 Å². The van der Waals surface area contributed by atoms with Gasteiger partial charge in [0, 0.05) is 24.1 Å². The second-order valence-corrected chi connectivity index (χ2v) is 6.28. The average molecular weight is 320 g/mol. The second kappa shape index (κ2) is 5.24. The van der Waals surface area contributed by atoms with Gasteiger partial charge in [0.1, 0.15) is 5.54 Å². The molecular formula is C15H18BrN3. The zero-order chi connectivity index (χ0) is 13.3. The standard InChI is InChI=1S/C15H18BrN3/c16-13-2-3-14-12(10-13)4-5-15(14,11-17)19-8-1-6-18-7-9-19/h2-3,10,18H,1,4-9H2. The molecule has 0 spiro atoms. The molecule has 0 radical (unpaired) electrons. The Bertz CT molecular complexity index is 515. The van der Waals surface area contributed by atoms with E-state index in [1.807, 2.05) is 0 Å². The molecule has 1 atom stereocenters. The minimum absolute atomic E-state index is 0.401. The molecule has 1 aliphatic carbocycles. The molecule has 19 heavy (non-hydrogen) atoms. The van der Waals surface area contributed by atoms with Crippen molar-refractivity contribution >= 4 is 15.9 Å². The molecule has 1 saturated heterocycles. The van der Waals surface area contributed by atoms with Crippen molar-refractivity contribution in [2.24, 2.45) is 0 Å². The summed E-state index contributed by atoms with van der Waals surface area (Å²) in [6, 6.07) is 9.00. The summed E-state index contributed by atoms with van der Waals surface area (Å²) in [6.45, 7) is 4.01. The summed E-state index contributed by atoms with van der Waals surface area (Å²) in [6.07, 6.45) is 3.05. The minimum atomic E-state index is -0.401. The van der Waals surface area contributed by atoms with Gasteiger partial charge in [0.25, 0.3) is 0 Å². The van der Waals surface area contributed by atoms with Crippen LogP contribution in [0.25, 0.3) is 0 Å². The maximum Gasteiger partial charge on any atom is 0.135 e. The van der Waals surface area contributed by atoms with Crippen molar-refractivity contribution in [3.05, 3.63) is 33.8 Å². The van der Waals surface area contributed by atoms with E-state index in [-0.39, 0.29) is 0 Å². The number of nitrogens with one attached hydrogen (secondary N) is 1. The van der Waals surface area contributed by atoms with Crippen LogP contribution in [-0.4, -0.2) is 31.1 Å². The molecular weight excluding hydrogens is 302 g/mol. The maximum absolute atomic E-state index is 9.85. The van der Waals surface area contributed by atoms with Crippen LogP contribution in [0.4, 0.5) is 0 Å². The Kier molecular flexibility index (Phi) is 3.62. The number of nitrogens with zero attached hydrogens (tertiary/aromatic N) is 2. The molecule has 3 rings (SSSR count). The molecule has 1 aromatic carbocycles. The fourth-order valence-electron chi connectivity index (χ4n) is 3.37. The zero-order valence-corrected chi connectivity index (χ0v) is 12.5. The molecule has 0 saturated carbocycles. The highest BCUT2D eigenvalue weighted by Gasteiger charge is 2.44. The first-order valence-corrected chi connectivity index (χ1v) is 7.71. The topological polar surface area (TPSA) is 39.1 Å². The molecule has 1 N–H and O–H groups in total. The first-order valence-electron chi connectivity index (χ1n) is 6.92. The lowest BCUT2D eigenvalue weighted by Gasteiger charge is -2.35. The van der Waals surface area contributed by atoms with Crippen LogP contribution >= 0.6 is 15.9 Å². The van der Waals surface area contributed by atoms with E-state index in [0.29, 0.717) is 0 Å². The molecule has 1 fully saturated rings. The lowest BCUT2D eigenvalue weighted by molar-refractivity contribution is 0.146. The largest absolute Gasteiger partial charge is 0.315 e. The Labute approximate surface area is 122 Å². The van der Waals surface area contributed by atoms with Crippen molar-refractivity contribution < 1.29 is 0 Å². The Morgan fingerprint density at radius 3 is 3.05 bits per heavy atom. The van der Waals surface area contributed by atoms with Crippen LogP contribution < -0.4 is 5.32 Å². The molecule has 1 aliphatic heterocycles. The molecule has 3 nitrogen and oxygen atoms in total. The van der Waals surface area contributed by atoms with Crippen molar-refractivity contribution in [3.8, 4) is 6.07 Å². The van der Waals surface area contributed by atoms with Gasteiger partial charge in [-0.15, -0.1) is 0 Å². The summed E-state index contributed by atoms with van der Waals surface area (Å²) < 4.78 is 1.11. The highest BCUT2D eigenvalue weighted by atomic mass is 79.9. The summed E-state index contributed by atoms with van der Waals surface area (Å²) in [4.78, 5) is 2.38. The van der Waals surface area contributed by atoms with Gasteiger partial charge in [0.15, 0.2) is 0 Å². The Morgan fingerprint density at radius 1 is 1.32 bits per heavy atom. The van der Waals surface area contributed by atoms with Crippen molar-refractivity contribution in [1.82, 2.24) is 10.2 Å². The fourth-order valence-corrected chi connectivity index (χ4v) is 3.77. The highest BCUT2D eigenvalue weighted by Crippen LogP contribution is 2.42. The lowest BCUT2D eigenvalue weighted by Crippen LogP contribution is -2.45. The monoisotopic (exact) mass is 319 g/mol. The number of hydrogen-bond acceptors (Lipinski definition) is 3. The predicted octanol–water partition coefficient (Wildman–Crippen LogP) is 2.41. The van der Waals surface area contributed by atoms with Gasteiger partial charge in [-0.25, -0.2) is 0 Å². The van der Waals surface area contributed by atoms with E-state index >= 15 is 0 Å². The van der Waals surface area contributed by atoms with Crippen molar-refractivity contribution in [2.45, 2.75) is 24.8 Å². The number of benzene rings is 1. The van der Waals surface area contributed by atoms with E-state index in [0.717, 1.165) is 49.9 Å². The normalized spacial score (nSPS) is 27.6. The summed E-state index contributed by atoms with van der Waals surface area (Å²) in [5.74, 6) is 0. The van der Waals surface area contributed by atoms with E-state index < -0.39 is 5.54 Å². The fraction of sp³-hybridized carbons (Fsp3) is 0.533. The Balaban J connectivity index is 2.00. The van der Waals surface area contributed by atoms with Gasteiger partial charge < -0.3 is 5.32 Å². The van der Waals surface area contributed by atoms with Crippen molar-refractivity contribution in [3.63, 3.8) is 0 Å². The van der Waals surface area contributed by atoms with Gasteiger partial charge in [-0.05, 0) is 49.1 Å².